The molecule has 0 heterocycles. The first kappa shape index (κ1) is 14.3. The van der Waals surface area contributed by atoms with Gasteiger partial charge in [-0.05, 0) is 31.6 Å². The summed E-state index contributed by atoms with van der Waals surface area (Å²) in [4.78, 5) is 11.3. The van der Waals surface area contributed by atoms with E-state index in [0.29, 0.717) is 19.7 Å². The van der Waals surface area contributed by atoms with E-state index >= 15 is 0 Å². The Hall–Kier alpha value is -0.810. The van der Waals surface area contributed by atoms with Gasteiger partial charge in [0, 0.05) is 40.0 Å². The average Bonchev–Trinajstić information content (AvgIpc) is 3.13. The Morgan fingerprint density at radius 3 is 2.41 bits per heavy atom. The Kier molecular flexibility index (Phi) is 7.75. The van der Waals surface area contributed by atoms with Crippen molar-refractivity contribution in [3.8, 4) is 0 Å². The van der Waals surface area contributed by atoms with Gasteiger partial charge in [0.1, 0.15) is 0 Å². The van der Waals surface area contributed by atoms with Gasteiger partial charge in [0.15, 0.2) is 0 Å². The van der Waals surface area contributed by atoms with Crippen LogP contribution in [0.3, 0.4) is 0 Å². The second kappa shape index (κ2) is 9.24. The normalized spacial score (nSPS) is 14.6. The molecule has 0 atom stereocenters. The van der Waals surface area contributed by atoms with E-state index in [1.807, 2.05) is 0 Å². The van der Waals surface area contributed by atoms with E-state index in [9.17, 15) is 4.79 Å². The molecule has 0 bridgehead atoms. The maximum Gasteiger partial charge on any atom is 0.314 e. The molecule has 1 rings (SSSR count). The first-order chi connectivity index (χ1) is 8.33. The Labute approximate surface area is 103 Å². The molecule has 0 radical (unpaired) electrons. The van der Waals surface area contributed by atoms with Crippen molar-refractivity contribution in [2.75, 3.05) is 40.0 Å². The minimum Gasteiger partial charge on any atom is -0.385 e. The summed E-state index contributed by atoms with van der Waals surface area (Å²) in [5.41, 5.74) is 0. The van der Waals surface area contributed by atoms with Crippen LogP contribution in [0.5, 0.6) is 0 Å². The summed E-state index contributed by atoms with van der Waals surface area (Å²) in [7, 11) is 1.65. The molecule has 100 valence electrons. The molecule has 0 saturated heterocycles. The lowest BCUT2D eigenvalue weighted by molar-refractivity contribution is 0.122. The molecule has 0 aromatic heterocycles. The van der Waals surface area contributed by atoms with E-state index in [-0.39, 0.29) is 6.03 Å². The lowest BCUT2D eigenvalue weighted by Gasteiger charge is -2.07. The van der Waals surface area contributed by atoms with E-state index < -0.39 is 0 Å². The van der Waals surface area contributed by atoms with E-state index in [4.69, 9.17) is 9.47 Å². The fourth-order valence-corrected chi connectivity index (χ4v) is 1.39. The van der Waals surface area contributed by atoms with E-state index in [1.54, 1.807) is 7.11 Å². The van der Waals surface area contributed by atoms with Crippen LogP contribution in [0.1, 0.15) is 25.7 Å². The number of carbonyl (C=O) groups is 1. The first-order valence-electron chi connectivity index (χ1n) is 6.41. The van der Waals surface area contributed by atoms with Crippen molar-refractivity contribution in [1.82, 2.24) is 10.6 Å². The number of rotatable bonds is 10. The molecular weight excluding hydrogens is 220 g/mol. The summed E-state index contributed by atoms with van der Waals surface area (Å²) in [6.45, 7) is 3.62. The minimum absolute atomic E-state index is 0.108. The van der Waals surface area contributed by atoms with Crippen molar-refractivity contribution in [3.63, 3.8) is 0 Å². The van der Waals surface area contributed by atoms with E-state index in [0.717, 1.165) is 32.0 Å². The second-order valence-corrected chi connectivity index (χ2v) is 4.40. The zero-order chi connectivity index (χ0) is 12.3. The van der Waals surface area contributed by atoms with Crippen LogP contribution < -0.4 is 10.6 Å². The number of carbonyl (C=O) groups excluding carboxylic acids is 1. The summed E-state index contributed by atoms with van der Waals surface area (Å²) >= 11 is 0. The average molecular weight is 244 g/mol. The maximum absolute atomic E-state index is 11.3. The summed E-state index contributed by atoms with van der Waals surface area (Å²) in [5.74, 6) is 0.812. The summed E-state index contributed by atoms with van der Waals surface area (Å²) < 4.78 is 10.3. The molecule has 17 heavy (non-hydrogen) atoms. The van der Waals surface area contributed by atoms with Crippen LogP contribution in [-0.4, -0.2) is 46.1 Å². The van der Waals surface area contributed by atoms with Gasteiger partial charge in [0.05, 0.1) is 0 Å². The fourth-order valence-electron chi connectivity index (χ4n) is 1.39. The van der Waals surface area contributed by atoms with Gasteiger partial charge in [-0.25, -0.2) is 4.79 Å². The van der Waals surface area contributed by atoms with Gasteiger partial charge in [0.2, 0.25) is 0 Å². The predicted molar refractivity (Wildman–Crippen MR) is 66.1 cm³/mol. The van der Waals surface area contributed by atoms with Gasteiger partial charge in [-0.2, -0.15) is 0 Å². The zero-order valence-corrected chi connectivity index (χ0v) is 10.7. The maximum atomic E-state index is 11.3. The third-order valence-corrected chi connectivity index (χ3v) is 2.61. The monoisotopic (exact) mass is 244 g/mol. The molecule has 0 aliphatic heterocycles. The van der Waals surface area contributed by atoms with Gasteiger partial charge in [-0.1, -0.05) is 0 Å². The minimum atomic E-state index is -0.108. The van der Waals surface area contributed by atoms with Crippen LogP contribution in [0.15, 0.2) is 0 Å². The number of hydrogen-bond donors (Lipinski definition) is 2. The highest BCUT2D eigenvalue weighted by molar-refractivity contribution is 5.73. The van der Waals surface area contributed by atoms with Crippen LogP contribution in [-0.2, 0) is 9.47 Å². The zero-order valence-electron chi connectivity index (χ0n) is 10.7. The smallest absolute Gasteiger partial charge is 0.314 e. The highest BCUT2D eigenvalue weighted by Gasteiger charge is 2.20. The number of amides is 2. The molecule has 5 heteroatoms. The topological polar surface area (TPSA) is 59.6 Å². The highest BCUT2D eigenvalue weighted by Crippen LogP contribution is 2.28. The molecule has 1 aliphatic rings. The lowest BCUT2D eigenvalue weighted by Crippen LogP contribution is -2.37. The fraction of sp³-hybridized carbons (Fsp3) is 0.917. The van der Waals surface area contributed by atoms with Crippen molar-refractivity contribution < 1.29 is 14.3 Å². The molecule has 1 saturated carbocycles. The number of nitrogens with one attached hydrogen (secondary N) is 2. The third-order valence-electron chi connectivity index (χ3n) is 2.61. The summed E-state index contributed by atoms with van der Waals surface area (Å²) in [6.07, 6.45) is 4.36. The predicted octanol–water partition coefficient (Wildman–Crippen LogP) is 1.14. The highest BCUT2D eigenvalue weighted by atomic mass is 16.5. The van der Waals surface area contributed by atoms with Gasteiger partial charge in [0.25, 0.3) is 0 Å². The number of ether oxygens (including phenoxy) is 2. The van der Waals surface area contributed by atoms with Gasteiger partial charge in [-0.3, -0.25) is 0 Å². The van der Waals surface area contributed by atoms with Crippen molar-refractivity contribution in [3.05, 3.63) is 0 Å². The van der Waals surface area contributed by atoms with Gasteiger partial charge >= 0.3 is 6.03 Å². The van der Waals surface area contributed by atoms with Crippen LogP contribution >= 0.6 is 0 Å². The first-order valence-corrected chi connectivity index (χ1v) is 6.41. The van der Waals surface area contributed by atoms with Crippen molar-refractivity contribution in [1.29, 1.82) is 0 Å². The quantitative estimate of drug-likeness (QED) is 0.567. The van der Waals surface area contributed by atoms with E-state index in [2.05, 4.69) is 10.6 Å². The molecule has 1 fully saturated rings. The molecule has 0 aromatic rings. The van der Waals surface area contributed by atoms with Crippen LogP contribution in [0, 0.1) is 5.92 Å². The molecule has 2 amide bonds. The standard InChI is InChI=1S/C12H24N2O3/c1-16-8-2-6-13-12(15)14-7-3-9-17-10-11-4-5-11/h11H,2-10H2,1H3,(H2,13,14,15). The Morgan fingerprint density at radius 1 is 1.18 bits per heavy atom. The molecular formula is C12H24N2O3. The second-order valence-electron chi connectivity index (χ2n) is 4.40. The summed E-state index contributed by atoms with van der Waals surface area (Å²) in [6, 6.07) is -0.108. The number of urea groups is 1. The van der Waals surface area contributed by atoms with Crippen LogP contribution in [0.4, 0.5) is 4.79 Å². The summed E-state index contributed by atoms with van der Waals surface area (Å²) in [5, 5.41) is 5.56. The number of hydrogen-bond acceptors (Lipinski definition) is 3. The molecule has 0 spiro atoms. The van der Waals surface area contributed by atoms with Crippen LogP contribution in [0.25, 0.3) is 0 Å². The molecule has 5 nitrogen and oxygen atoms in total. The number of methoxy groups -OCH3 is 1. The Morgan fingerprint density at radius 2 is 1.82 bits per heavy atom. The van der Waals surface area contributed by atoms with Crippen molar-refractivity contribution in [2.45, 2.75) is 25.7 Å². The molecule has 0 aromatic carbocycles. The van der Waals surface area contributed by atoms with Gasteiger partial charge in [-0.15, -0.1) is 0 Å². The molecule has 2 N–H and O–H groups in total. The Balaban J connectivity index is 1.75. The van der Waals surface area contributed by atoms with E-state index in [1.165, 1.54) is 12.8 Å². The molecule has 1 aliphatic carbocycles. The van der Waals surface area contributed by atoms with Crippen LogP contribution in [0.2, 0.25) is 0 Å². The largest absolute Gasteiger partial charge is 0.385 e. The SMILES string of the molecule is COCCCNC(=O)NCCCOCC1CC1. The lowest BCUT2D eigenvalue weighted by atomic mass is 10.4. The third kappa shape index (κ3) is 8.94. The van der Waals surface area contributed by atoms with Gasteiger partial charge < -0.3 is 20.1 Å². The Bertz CT molecular complexity index is 208. The van der Waals surface area contributed by atoms with Crippen molar-refractivity contribution in [2.24, 2.45) is 5.92 Å². The molecule has 0 unspecified atom stereocenters. The van der Waals surface area contributed by atoms with Crippen molar-refractivity contribution >= 4 is 6.03 Å².